The van der Waals surface area contributed by atoms with Crippen molar-refractivity contribution in [2.24, 2.45) is 0 Å². The van der Waals surface area contributed by atoms with E-state index in [0.717, 1.165) is 18.4 Å². The molecule has 3 aliphatic rings. The van der Waals surface area contributed by atoms with Crippen LogP contribution in [0.3, 0.4) is 0 Å². The largest absolute Gasteiger partial charge is 0.404 e. The molecule has 0 radical (unpaired) electrons. The lowest BCUT2D eigenvalue weighted by Crippen LogP contribution is -2.70. The van der Waals surface area contributed by atoms with Crippen LogP contribution < -0.4 is 10.4 Å². The molecule has 0 unspecified atom stereocenters. The summed E-state index contributed by atoms with van der Waals surface area (Å²) in [6.45, 7) is 11.3. The third-order valence-electron chi connectivity index (χ3n) is 8.43. The van der Waals surface area contributed by atoms with Gasteiger partial charge in [-0.25, -0.2) is 0 Å². The maximum atomic E-state index is 7.39. The molecule has 2 heterocycles. The van der Waals surface area contributed by atoms with Crippen molar-refractivity contribution >= 4 is 18.7 Å². The zero-order chi connectivity index (χ0) is 27.3. The molecule has 3 aromatic rings. The second-order valence-corrected chi connectivity index (χ2v) is 16.9. The minimum Gasteiger partial charge on any atom is -0.404 e. The predicted octanol–water partition coefficient (Wildman–Crippen LogP) is 5.56. The van der Waals surface area contributed by atoms with Gasteiger partial charge >= 0.3 is 0 Å². The van der Waals surface area contributed by atoms with Gasteiger partial charge in [0, 0.05) is 12.8 Å². The molecule has 3 aromatic carbocycles. The Morgan fingerprint density at radius 2 is 1.31 bits per heavy atom. The van der Waals surface area contributed by atoms with Crippen molar-refractivity contribution in [2.75, 3.05) is 0 Å². The highest BCUT2D eigenvalue weighted by atomic mass is 28.4. The highest BCUT2D eigenvalue weighted by molar-refractivity contribution is 6.99. The monoisotopic (exact) mass is 544 g/mol. The van der Waals surface area contributed by atoms with E-state index >= 15 is 0 Å². The second-order valence-electron chi connectivity index (χ2n) is 12.7. The van der Waals surface area contributed by atoms with Gasteiger partial charge in [-0.3, -0.25) is 0 Å². The maximum absolute atomic E-state index is 7.39. The molecule has 206 valence electrons. The summed E-state index contributed by atoms with van der Waals surface area (Å²) in [7, 11) is -2.65. The number of benzene rings is 3. The van der Waals surface area contributed by atoms with Gasteiger partial charge in [0.1, 0.15) is 17.8 Å². The Bertz CT molecular complexity index is 1210. The fourth-order valence-electron chi connectivity index (χ4n) is 6.72. The molecule has 3 atom stereocenters. The highest BCUT2D eigenvalue weighted by Crippen LogP contribution is 2.54. The molecule has 6 heteroatoms. The zero-order valence-electron chi connectivity index (χ0n) is 23.6. The summed E-state index contributed by atoms with van der Waals surface area (Å²) < 4.78 is 33.1. The van der Waals surface area contributed by atoms with E-state index in [4.69, 9.17) is 23.4 Å². The second kappa shape index (κ2) is 9.95. The first-order valence-corrected chi connectivity index (χ1v) is 16.0. The smallest absolute Gasteiger partial charge is 0.261 e. The molecule has 0 amide bonds. The van der Waals surface area contributed by atoms with Crippen LogP contribution in [0.1, 0.15) is 53.0 Å². The number of hydrogen-bond acceptors (Lipinski definition) is 5. The van der Waals surface area contributed by atoms with E-state index in [0.29, 0.717) is 6.61 Å². The Morgan fingerprint density at radius 1 is 0.769 bits per heavy atom. The third-order valence-corrected chi connectivity index (χ3v) is 13.5. The van der Waals surface area contributed by atoms with Crippen LogP contribution in [0.4, 0.5) is 0 Å². The lowest BCUT2D eigenvalue weighted by molar-refractivity contribution is -0.273. The van der Waals surface area contributed by atoms with E-state index in [9.17, 15) is 0 Å². The van der Waals surface area contributed by atoms with Gasteiger partial charge in [-0.2, -0.15) is 0 Å². The molecule has 1 saturated carbocycles. The lowest BCUT2D eigenvalue weighted by Gasteiger charge is -2.53. The summed E-state index contributed by atoms with van der Waals surface area (Å²) in [5, 5.41) is 2.50. The Balaban J connectivity index is 1.28. The van der Waals surface area contributed by atoms with Gasteiger partial charge in [0.25, 0.3) is 8.32 Å². The van der Waals surface area contributed by atoms with E-state index in [2.05, 4.69) is 93.6 Å². The van der Waals surface area contributed by atoms with Crippen LogP contribution in [0.15, 0.2) is 91.0 Å². The number of hydrogen-bond donors (Lipinski definition) is 0. The van der Waals surface area contributed by atoms with E-state index in [1.54, 1.807) is 0 Å². The molecule has 0 bridgehead atoms. The molecule has 1 aliphatic carbocycles. The van der Waals surface area contributed by atoms with Crippen molar-refractivity contribution in [3.8, 4) is 0 Å². The molecular formula is C33H40O5Si. The van der Waals surface area contributed by atoms with Crippen LogP contribution >= 0.6 is 0 Å². The number of fused-ring (bicyclic) bond motifs is 1. The summed E-state index contributed by atoms with van der Waals surface area (Å²) in [6.07, 6.45) is 0.607. The summed E-state index contributed by atoms with van der Waals surface area (Å²) in [4.78, 5) is 0. The number of ether oxygens (including phenoxy) is 4. The van der Waals surface area contributed by atoms with Crippen molar-refractivity contribution in [2.45, 2.75) is 95.1 Å². The third kappa shape index (κ3) is 4.81. The molecule has 39 heavy (non-hydrogen) atoms. The van der Waals surface area contributed by atoms with Crippen molar-refractivity contribution in [1.29, 1.82) is 0 Å². The first kappa shape index (κ1) is 26.9. The SMILES string of the molecule is CC1(C)O[C@H]2OC3(CC(O[Si](c4ccccc4)(c4ccccc4)C(C)(C)C)C3)[C@H](OCc3ccccc3)[C@H]2O1. The van der Waals surface area contributed by atoms with Gasteiger partial charge in [0.05, 0.1) is 12.7 Å². The Morgan fingerprint density at radius 3 is 1.85 bits per heavy atom. The molecule has 2 saturated heterocycles. The van der Waals surface area contributed by atoms with Gasteiger partial charge in [0.2, 0.25) is 0 Å². The standard InChI is InChI=1S/C33H40O5Si/c1-31(2,3)39(26-17-11-7-12-18-26,27-19-13-8-14-20-27)38-25-21-33(22-25)29(34-23-24-15-9-6-10-16-24)28-30(37-33)36-32(4,5)35-28/h6-20,25,28-30H,21-23H2,1-5H3/t25?,28-,29-,30+,33?/m1/s1. The summed E-state index contributed by atoms with van der Waals surface area (Å²) >= 11 is 0. The Kier molecular flexibility index (Phi) is 6.85. The van der Waals surface area contributed by atoms with Crippen molar-refractivity contribution in [3.05, 3.63) is 96.6 Å². The van der Waals surface area contributed by atoms with Crippen molar-refractivity contribution in [3.63, 3.8) is 0 Å². The molecule has 2 aliphatic heterocycles. The van der Waals surface area contributed by atoms with Gasteiger partial charge < -0.3 is 23.4 Å². The van der Waals surface area contributed by atoms with E-state index in [1.807, 2.05) is 32.0 Å². The fourth-order valence-corrected chi connectivity index (χ4v) is 11.4. The van der Waals surface area contributed by atoms with E-state index in [1.165, 1.54) is 10.4 Å². The van der Waals surface area contributed by atoms with E-state index < -0.39 is 26.0 Å². The van der Waals surface area contributed by atoms with Crippen molar-refractivity contribution in [1.82, 2.24) is 0 Å². The van der Waals surface area contributed by atoms with Crippen LogP contribution in [0, 0.1) is 0 Å². The molecule has 0 N–H and O–H groups in total. The van der Waals surface area contributed by atoms with Crippen LogP contribution in [0.5, 0.6) is 0 Å². The highest BCUT2D eigenvalue weighted by Gasteiger charge is 2.68. The Labute approximate surface area is 233 Å². The summed E-state index contributed by atoms with van der Waals surface area (Å²) in [6, 6.07) is 31.9. The molecule has 0 aromatic heterocycles. The van der Waals surface area contributed by atoms with E-state index in [-0.39, 0.29) is 23.4 Å². The molecule has 3 fully saturated rings. The first-order chi connectivity index (χ1) is 18.6. The maximum Gasteiger partial charge on any atom is 0.261 e. The topological polar surface area (TPSA) is 46.2 Å². The van der Waals surface area contributed by atoms with Gasteiger partial charge in [-0.15, -0.1) is 0 Å². The van der Waals surface area contributed by atoms with Gasteiger partial charge in [-0.05, 0) is 34.8 Å². The average Bonchev–Trinajstić information content (AvgIpc) is 3.35. The van der Waals surface area contributed by atoms with Crippen LogP contribution in [0.2, 0.25) is 5.04 Å². The minimum absolute atomic E-state index is 0.0472. The molecule has 5 nitrogen and oxygen atoms in total. The average molecular weight is 545 g/mol. The minimum atomic E-state index is -2.65. The molecular weight excluding hydrogens is 504 g/mol. The van der Waals surface area contributed by atoms with Crippen LogP contribution in [-0.2, 0) is 30.0 Å². The molecule has 1 spiro atoms. The summed E-state index contributed by atoms with van der Waals surface area (Å²) in [5.74, 6) is -0.695. The number of rotatable bonds is 7. The van der Waals surface area contributed by atoms with Crippen molar-refractivity contribution < 1.29 is 23.4 Å². The Hall–Kier alpha value is -2.32. The van der Waals surface area contributed by atoms with Gasteiger partial charge in [0.15, 0.2) is 12.1 Å². The first-order valence-electron chi connectivity index (χ1n) is 14.1. The lowest BCUT2D eigenvalue weighted by atomic mass is 9.73. The van der Waals surface area contributed by atoms with Gasteiger partial charge in [-0.1, -0.05) is 112 Å². The zero-order valence-corrected chi connectivity index (χ0v) is 24.6. The quantitative estimate of drug-likeness (QED) is 0.365. The predicted molar refractivity (Wildman–Crippen MR) is 154 cm³/mol. The fraction of sp³-hybridized carbons (Fsp3) is 0.455. The van der Waals surface area contributed by atoms with Crippen LogP contribution in [-0.4, -0.2) is 44.3 Å². The summed E-state index contributed by atoms with van der Waals surface area (Å²) in [5.41, 5.74) is 0.644. The van der Waals surface area contributed by atoms with Crippen LogP contribution in [0.25, 0.3) is 0 Å². The molecule has 6 rings (SSSR count). The normalized spacial score (nSPS) is 29.8.